The summed E-state index contributed by atoms with van der Waals surface area (Å²) >= 11 is 1.55. The van der Waals surface area contributed by atoms with Gasteiger partial charge in [0.25, 0.3) is 0 Å². The van der Waals surface area contributed by atoms with E-state index >= 15 is 0 Å². The van der Waals surface area contributed by atoms with Crippen molar-refractivity contribution in [3.63, 3.8) is 0 Å². The van der Waals surface area contributed by atoms with E-state index in [1.807, 2.05) is 31.3 Å². The zero-order valence-electron chi connectivity index (χ0n) is 15.1. The maximum Gasteiger partial charge on any atom is 0.231 e. The SMILES string of the molecule is COc1cc(CNc2nc(C)c(-c3ccn(CCO)n3)s2)cc2c1OCO2. The zero-order chi connectivity index (χ0) is 18.8. The molecule has 0 amide bonds. The van der Waals surface area contributed by atoms with E-state index in [4.69, 9.17) is 19.3 Å². The molecule has 3 heterocycles. The van der Waals surface area contributed by atoms with E-state index < -0.39 is 0 Å². The lowest BCUT2D eigenvalue weighted by Gasteiger charge is -2.08. The van der Waals surface area contributed by atoms with Crippen LogP contribution in [-0.4, -0.2) is 40.4 Å². The average molecular weight is 388 g/mol. The smallest absolute Gasteiger partial charge is 0.231 e. The summed E-state index contributed by atoms with van der Waals surface area (Å²) in [6, 6.07) is 5.80. The lowest BCUT2D eigenvalue weighted by Crippen LogP contribution is -2.02. The Labute approximate surface area is 160 Å². The van der Waals surface area contributed by atoms with Gasteiger partial charge in [-0.3, -0.25) is 4.68 Å². The van der Waals surface area contributed by atoms with Gasteiger partial charge in [-0.25, -0.2) is 4.98 Å². The van der Waals surface area contributed by atoms with Crippen molar-refractivity contribution >= 4 is 16.5 Å². The van der Waals surface area contributed by atoms with Gasteiger partial charge in [-0.2, -0.15) is 5.10 Å². The number of benzene rings is 1. The number of thiazole rings is 1. The summed E-state index contributed by atoms with van der Waals surface area (Å²) in [5, 5.41) is 17.7. The lowest BCUT2D eigenvalue weighted by atomic mass is 10.2. The van der Waals surface area contributed by atoms with Crippen molar-refractivity contribution in [3.8, 4) is 27.8 Å². The number of ether oxygens (including phenoxy) is 3. The minimum Gasteiger partial charge on any atom is -0.493 e. The van der Waals surface area contributed by atoms with Gasteiger partial charge in [0.1, 0.15) is 5.69 Å². The molecule has 0 fully saturated rings. The topological polar surface area (TPSA) is 90.7 Å². The van der Waals surface area contributed by atoms with Gasteiger partial charge in [-0.1, -0.05) is 11.3 Å². The fourth-order valence-electron chi connectivity index (χ4n) is 2.88. The Morgan fingerprint density at radius 1 is 1.37 bits per heavy atom. The van der Waals surface area contributed by atoms with Crippen LogP contribution in [0, 0.1) is 6.92 Å². The van der Waals surface area contributed by atoms with Gasteiger partial charge < -0.3 is 24.6 Å². The molecular formula is C18H20N4O4S. The molecule has 4 rings (SSSR count). The van der Waals surface area contributed by atoms with Crippen LogP contribution in [0.5, 0.6) is 17.2 Å². The van der Waals surface area contributed by atoms with Crippen LogP contribution in [0.25, 0.3) is 10.6 Å². The first-order valence-electron chi connectivity index (χ1n) is 8.50. The molecule has 0 saturated heterocycles. The summed E-state index contributed by atoms with van der Waals surface area (Å²) in [4.78, 5) is 5.61. The van der Waals surface area contributed by atoms with Crippen molar-refractivity contribution in [2.75, 3.05) is 25.8 Å². The molecular weight excluding hydrogens is 368 g/mol. The molecule has 0 bridgehead atoms. The van der Waals surface area contributed by atoms with Crippen LogP contribution in [0.3, 0.4) is 0 Å². The number of hydrogen-bond acceptors (Lipinski definition) is 8. The van der Waals surface area contributed by atoms with E-state index in [1.165, 1.54) is 0 Å². The average Bonchev–Trinajstić information content (AvgIpc) is 3.39. The third kappa shape index (κ3) is 3.56. The van der Waals surface area contributed by atoms with Gasteiger partial charge in [0, 0.05) is 12.7 Å². The number of nitrogens with one attached hydrogen (secondary N) is 1. The molecule has 2 aromatic heterocycles. The second-order valence-corrected chi connectivity index (χ2v) is 7.01. The first-order chi connectivity index (χ1) is 13.2. The Balaban J connectivity index is 1.49. The number of hydrogen-bond donors (Lipinski definition) is 2. The number of aryl methyl sites for hydroxylation is 1. The molecule has 3 aromatic rings. The van der Waals surface area contributed by atoms with Crippen LogP contribution in [0.1, 0.15) is 11.3 Å². The van der Waals surface area contributed by atoms with Crippen LogP contribution < -0.4 is 19.5 Å². The number of aliphatic hydroxyl groups excluding tert-OH is 1. The molecule has 1 aliphatic heterocycles. The minimum atomic E-state index is 0.0641. The molecule has 0 spiro atoms. The van der Waals surface area contributed by atoms with Gasteiger partial charge in [-0.05, 0) is 30.7 Å². The van der Waals surface area contributed by atoms with Crippen LogP contribution >= 0.6 is 11.3 Å². The summed E-state index contributed by atoms with van der Waals surface area (Å²) in [5.74, 6) is 2.00. The van der Waals surface area contributed by atoms with Crippen molar-refractivity contribution in [1.29, 1.82) is 0 Å². The van der Waals surface area contributed by atoms with Crippen LogP contribution in [-0.2, 0) is 13.1 Å². The highest BCUT2D eigenvalue weighted by molar-refractivity contribution is 7.19. The van der Waals surface area contributed by atoms with Crippen molar-refractivity contribution in [1.82, 2.24) is 14.8 Å². The molecule has 8 nitrogen and oxygen atoms in total. The summed E-state index contributed by atoms with van der Waals surface area (Å²) in [6.45, 7) is 3.30. The van der Waals surface area contributed by atoms with Crippen molar-refractivity contribution in [2.24, 2.45) is 0 Å². The summed E-state index contributed by atoms with van der Waals surface area (Å²) in [5.41, 5.74) is 2.79. The Morgan fingerprint density at radius 2 is 2.26 bits per heavy atom. The largest absolute Gasteiger partial charge is 0.493 e. The highest BCUT2D eigenvalue weighted by atomic mass is 32.1. The number of nitrogens with zero attached hydrogens (tertiary/aromatic N) is 3. The van der Waals surface area contributed by atoms with E-state index in [1.54, 1.807) is 23.1 Å². The lowest BCUT2D eigenvalue weighted by molar-refractivity contribution is 0.171. The Morgan fingerprint density at radius 3 is 3.07 bits per heavy atom. The molecule has 2 N–H and O–H groups in total. The highest BCUT2D eigenvalue weighted by Crippen LogP contribution is 2.42. The minimum absolute atomic E-state index is 0.0641. The van der Waals surface area contributed by atoms with Gasteiger partial charge in [0.15, 0.2) is 16.6 Å². The standard InChI is InChI=1S/C18H20N4O4S/c1-11-17(13-3-4-22(21-13)5-6-23)27-18(20-11)19-9-12-7-14(24-2)16-15(8-12)25-10-26-16/h3-4,7-8,23H,5-6,9-10H2,1-2H3,(H,19,20). The first kappa shape index (κ1) is 17.6. The second kappa shape index (κ2) is 7.45. The van der Waals surface area contributed by atoms with Crippen molar-refractivity contribution in [2.45, 2.75) is 20.0 Å². The third-order valence-corrected chi connectivity index (χ3v) is 5.30. The summed E-state index contributed by atoms with van der Waals surface area (Å²) in [7, 11) is 1.61. The van der Waals surface area contributed by atoms with Crippen LogP contribution in [0.4, 0.5) is 5.13 Å². The normalized spacial score (nSPS) is 12.4. The molecule has 0 aliphatic carbocycles. The Hall–Kier alpha value is -2.78. The maximum absolute atomic E-state index is 9.03. The number of methoxy groups -OCH3 is 1. The number of aromatic nitrogens is 3. The first-order valence-corrected chi connectivity index (χ1v) is 9.32. The van der Waals surface area contributed by atoms with Gasteiger partial charge in [0.2, 0.25) is 12.5 Å². The van der Waals surface area contributed by atoms with E-state index in [9.17, 15) is 0 Å². The maximum atomic E-state index is 9.03. The molecule has 0 radical (unpaired) electrons. The molecule has 27 heavy (non-hydrogen) atoms. The Bertz CT molecular complexity index is 953. The number of aliphatic hydroxyl groups is 1. The number of anilines is 1. The monoisotopic (exact) mass is 388 g/mol. The third-order valence-electron chi connectivity index (χ3n) is 4.16. The predicted octanol–water partition coefficient (Wildman–Crippen LogP) is 2.66. The van der Waals surface area contributed by atoms with Gasteiger partial charge in [-0.15, -0.1) is 0 Å². The van der Waals surface area contributed by atoms with Crippen LogP contribution in [0.2, 0.25) is 0 Å². The Kier molecular flexibility index (Phi) is 4.87. The molecule has 0 unspecified atom stereocenters. The number of rotatable bonds is 7. The molecule has 0 saturated carbocycles. The molecule has 1 aliphatic rings. The number of fused-ring (bicyclic) bond motifs is 1. The molecule has 142 valence electrons. The second-order valence-electron chi connectivity index (χ2n) is 6.01. The fraction of sp³-hybridized carbons (Fsp3) is 0.333. The zero-order valence-corrected chi connectivity index (χ0v) is 15.9. The molecule has 1 aromatic carbocycles. The highest BCUT2D eigenvalue weighted by Gasteiger charge is 2.20. The quantitative estimate of drug-likeness (QED) is 0.643. The van der Waals surface area contributed by atoms with Gasteiger partial charge in [0.05, 0.1) is 30.8 Å². The van der Waals surface area contributed by atoms with E-state index in [2.05, 4.69) is 15.4 Å². The predicted molar refractivity (Wildman–Crippen MR) is 102 cm³/mol. The summed E-state index contributed by atoms with van der Waals surface area (Å²) < 4.78 is 18.0. The van der Waals surface area contributed by atoms with Gasteiger partial charge >= 0.3 is 0 Å². The van der Waals surface area contributed by atoms with Crippen molar-refractivity contribution in [3.05, 3.63) is 35.7 Å². The van der Waals surface area contributed by atoms with E-state index in [-0.39, 0.29) is 13.4 Å². The molecule has 9 heteroatoms. The van der Waals surface area contributed by atoms with E-state index in [0.717, 1.165) is 27.0 Å². The van der Waals surface area contributed by atoms with Crippen molar-refractivity contribution < 1.29 is 19.3 Å². The molecule has 0 atom stereocenters. The fourth-order valence-corrected chi connectivity index (χ4v) is 3.81. The summed E-state index contributed by atoms with van der Waals surface area (Å²) in [6.07, 6.45) is 1.86. The van der Waals surface area contributed by atoms with Crippen LogP contribution in [0.15, 0.2) is 24.4 Å². The van der Waals surface area contributed by atoms with E-state index in [0.29, 0.717) is 30.3 Å².